The maximum Gasteiger partial charge on any atom is 0.271 e. The van der Waals surface area contributed by atoms with Gasteiger partial charge in [0.15, 0.2) is 0 Å². The van der Waals surface area contributed by atoms with E-state index in [4.69, 9.17) is 0 Å². The predicted octanol–water partition coefficient (Wildman–Crippen LogP) is 4.12. The first kappa shape index (κ1) is 16.5. The van der Waals surface area contributed by atoms with Crippen LogP contribution in [0.1, 0.15) is 35.3 Å². The van der Waals surface area contributed by atoms with Crippen molar-refractivity contribution in [2.24, 2.45) is 7.05 Å². The normalized spacial score (nSPS) is 15.6. The summed E-state index contributed by atoms with van der Waals surface area (Å²) in [6, 6.07) is 8.17. The molecule has 7 heteroatoms. The summed E-state index contributed by atoms with van der Waals surface area (Å²) in [5.41, 5.74) is 2.25. The van der Waals surface area contributed by atoms with Gasteiger partial charge in [-0.1, -0.05) is 28.1 Å². The van der Waals surface area contributed by atoms with Gasteiger partial charge in [0, 0.05) is 28.7 Å². The molecule has 1 aliphatic carbocycles. The Balaban J connectivity index is 1.56. The number of thiazole rings is 1. The van der Waals surface area contributed by atoms with Crippen molar-refractivity contribution in [3.8, 4) is 10.6 Å². The van der Waals surface area contributed by atoms with Crippen LogP contribution in [0.3, 0.4) is 0 Å². The lowest BCUT2D eigenvalue weighted by atomic mass is 9.71. The van der Waals surface area contributed by atoms with Crippen molar-refractivity contribution in [2.45, 2.75) is 24.8 Å². The zero-order valence-corrected chi connectivity index (χ0v) is 16.1. The van der Waals surface area contributed by atoms with E-state index in [-0.39, 0.29) is 11.4 Å². The summed E-state index contributed by atoms with van der Waals surface area (Å²) in [5.74, 6) is -0.119. The van der Waals surface area contributed by atoms with Gasteiger partial charge in [-0.3, -0.25) is 9.48 Å². The first-order valence-corrected chi connectivity index (χ1v) is 9.76. The second-order valence-electron chi connectivity index (χ2n) is 6.34. The SMILES string of the molecule is Cn1cc(-c2nc(C(=O)NC3(c4cccc(Br)c4)CCC3)cs2)cn1. The molecular weight excluding hydrogens is 400 g/mol. The lowest BCUT2D eigenvalue weighted by Crippen LogP contribution is -2.50. The molecule has 0 atom stereocenters. The van der Waals surface area contributed by atoms with E-state index < -0.39 is 0 Å². The number of benzene rings is 1. The Kier molecular flexibility index (Phi) is 4.21. The number of amides is 1. The van der Waals surface area contributed by atoms with Gasteiger partial charge in [0.25, 0.3) is 5.91 Å². The minimum atomic E-state index is -0.279. The van der Waals surface area contributed by atoms with Crippen molar-refractivity contribution in [1.82, 2.24) is 20.1 Å². The van der Waals surface area contributed by atoms with Gasteiger partial charge in [-0.15, -0.1) is 11.3 Å². The molecule has 0 unspecified atom stereocenters. The maximum atomic E-state index is 12.8. The Bertz CT molecular complexity index is 929. The number of hydrogen-bond acceptors (Lipinski definition) is 4. The number of rotatable bonds is 4. The summed E-state index contributed by atoms with van der Waals surface area (Å²) in [7, 11) is 1.86. The Morgan fingerprint density at radius 1 is 1.40 bits per heavy atom. The zero-order chi connectivity index (χ0) is 17.4. The summed E-state index contributed by atoms with van der Waals surface area (Å²) >= 11 is 4.98. The molecule has 0 aliphatic heterocycles. The molecule has 25 heavy (non-hydrogen) atoms. The Morgan fingerprint density at radius 3 is 2.88 bits per heavy atom. The number of hydrogen-bond donors (Lipinski definition) is 1. The van der Waals surface area contributed by atoms with E-state index in [1.54, 1.807) is 10.9 Å². The van der Waals surface area contributed by atoms with Crippen LogP contribution < -0.4 is 5.32 Å². The third-order valence-electron chi connectivity index (χ3n) is 4.63. The smallest absolute Gasteiger partial charge is 0.271 e. The summed E-state index contributed by atoms with van der Waals surface area (Å²) in [6.45, 7) is 0. The van der Waals surface area contributed by atoms with E-state index in [1.165, 1.54) is 11.3 Å². The highest BCUT2D eigenvalue weighted by Gasteiger charge is 2.40. The number of aromatic nitrogens is 3. The standard InChI is InChI=1S/C18H17BrN4OS/c1-23-10-12(9-20-23)17-21-15(11-25-17)16(24)22-18(6-3-7-18)13-4-2-5-14(19)8-13/h2,4-5,8-11H,3,6-7H2,1H3,(H,22,24). The van der Waals surface area contributed by atoms with Gasteiger partial charge in [0.05, 0.1) is 11.7 Å². The first-order chi connectivity index (χ1) is 12.1. The van der Waals surface area contributed by atoms with Crippen molar-refractivity contribution in [3.63, 3.8) is 0 Å². The van der Waals surface area contributed by atoms with Gasteiger partial charge >= 0.3 is 0 Å². The van der Waals surface area contributed by atoms with Crippen LogP contribution in [-0.2, 0) is 12.6 Å². The van der Waals surface area contributed by atoms with Crippen LogP contribution >= 0.6 is 27.3 Å². The average molecular weight is 417 g/mol. The van der Waals surface area contributed by atoms with Gasteiger partial charge in [-0.2, -0.15) is 5.10 Å². The van der Waals surface area contributed by atoms with Crippen LogP contribution in [0.4, 0.5) is 0 Å². The van der Waals surface area contributed by atoms with Crippen LogP contribution in [-0.4, -0.2) is 20.7 Å². The quantitative estimate of drug-likeness (QED) is 0.695. The fourth-order valence-corrected chi connectivity index (χ4v) is 4.30. The molecule has 4 rings (SSSR count). The lowest BCUT2D eigenvalue weighted by molar-refractivity contribution is 0.0819. The van der Waals surface area contributed by atoms with Crippen LogP contribution in [0.15, 0.2) is 46.5 Å². The molecule has 1 amide bonds. The predicted molar refractivity (Wildman–Crippen MR) is 101 cm³/mol. The molecule has 0 spiro atoms. The van der Waals surface area contributed by atoms with Crippen molar-refractivity contribution >= 4 is 33.2 Å². The molecule has 1 aliphatic rings. The lowest BCUT2D eigenvalue weighted by Gasteiger charge is -2.43. The second-order valence-corrected chi connectivity index (χ2v) is 8.11. The molecule has 1 fully saturated rings. The molecular formula is C18H17BrN4OS. The van der Waals surface area contributed by atoms with E-state index in [9.17, 15) is 4.79 Å². The molecule has 1 aromatic carbocycles. The molecule has 0 bridgehead atoms. The van der Waals surface area contributed by atoms with Crippen molar-refractivity contribution in [1.29, 1.82) is 0 Å². The van der Waals surface area contributed by atoms with Crippen molar-refractivity contribution < 1.29 is 4.79 Å². The molecule has 2 aromatic heterocycles. The number of nitrogens with one attached hydrogen (secondary N) is 1. The number of halogens is 1. The third-order valence-corrected chi connectivity index (χ3v) is 6.01. The van der Waals surface area contributed by atoms with Gasteiger partial charge < -0.3 is 5.32 Å². The molecule has 0 saturated heterocycles. The maximum absolute atomic E-state index is 12.8. The highest BCUT2D eigenvalue weighted by atomic mass is 79.9. The summed E-state index contributed by atoms with van der Waals surface area (Å²) in [6.07, 6.45) is 6.68. The van der Waals surface area contributed by atoms with Gasteiger partial charge in [0.2, 0.25) is 0 Å². The topological polar surface area (TPSA) is 59.8 Å². The van der Waals surface area contributed by atoms with E-state index in [0.717, 1.165) is 39.9 Å². The largest absolute Gasteiger partial charge is 0.341 e. The minimum absolute atomic E-state index is 0.119. The van der Waals surface area contributed by atoms with Gasteiger partial charge in [0.1, 0.15) is 10.7 Å². The number of carbonyl (C=O) groups is 1. The van der Waals surface area contributed by atoms with Gasteiger partial charge in [-0.25, -0.2) is 4.98 Å². The second kappa shape index (κ2) is 6.38. The Labute approximate surface area is 158 Å². The highest BCUT2D eigenvalue weighted by molar-refractivity contribution is 9.10. The van der Waals surface area contributed by atoms with Crippen LogP contribution in [0.25, 0.3) is 10.6 Å². The number of nitrogens with zero attached hydrogens (tertiary/aromatic N) is 3. The average Bonchev–Trinajstić information content (AvgIpc) is 3.19. The van der Waals surface area contributed by atoms with Gasteiger partial charge in [-0.05, 0) is 37.0 Å². The van der Waals surface area contributed by atoms with E-state index in [1.807, 2.05) is 30.8 Å². The first-order valence-electron chi connectivity index (χ1n) is 8.09. The van der Waals surface area contributed by atoms with Crippen molar-refractivity contribution in [2.75, 3.05) is 0 Å². The Morgan fingerprint density at radius 2 is 2.24 bits per heavy atom. The molecule has 1 N–H and O–H groups in total. The highest BCUT2D eigenvalue weighted by Crippen LogP contribution is 2.42. The number of carbonyl (C=O) groups excluding carboxylic acids is 1. The molecule has 3 aromatic rings. The van der Waals surface area contributed by atoms with E-state index >= 15 is 0 Å². The molecule has 2 heterocycles. The molecule has 0 radical (unpaired) electrons. The Hall–Kier alpha value is -1.99. The fraction of sp³-hybridized carbons (Fsp3) is 0.278. The molecule has 1 saturated carbocycles. The van der Waals surface area contributed by atoms with Crippen LogP contribution in [0, 0.1) is 0 Å². The monoisotopic (exact) mass is 416 g/mol. The van der Waals surface area contributed by atoms with Crippen molar-refractivity contribution in [3.05, 3.63) is 57.8 Å². The summed E-state index contributed by atoms with van der Waals surface area (Å²) in [5, 5.41) is 10.00. The van der Waals surface area contributed by atoms with E-state index in [0.29, 0.717) is 5.69 Å². The number of aryl methyl sites for hydroxylation is 1. The third kappa shape index (κ3) is 3.14. The minimum Gasteiger partial charge on any atom is -0.341 e. The van der Waals surface area contributed by atoms with Crippen LogP contribution in [0.2, 0.25) is 0 Å². The molecule has 128 valence electrons. The zero-order valence-electron chi connectivity index (χ0n) is 13.7. The summed E-state index contributed by atoms with van der Waals surface area (Å²) in [4.78, 5) is 17.3. The van der Waals surface area contributed by atoms with Crippen LogP contribution in [0.5, 0.6) is 0 Å². The van der Waals surface area contributed by atoms with E-state index in [2.05, 4.69) is 43.5 Å². The molecule has 5 nitrogen and oxygen atoms in total. The fourth-order valence-electron chi connectivity index (χ4n) is 3.13. The summed E-state index contributed by atoms with van der Waals surface area (Å²) < 4.78 is 2.76.